The Labute approximate surface area is 113 Å². The van der Waals surface area contributed by atoms with Crippen LogP contribution in [0, 0.1) is 10.1 Å². The summed E-state index contributed by atoms with van der Waals surface area (Å²) in [5.41, 5.74) is 10.6. The predicted molar refractivity (Wildman–Crippen MR) is 70.3 cm³/mol. The summed E-state index contributed by atoms with van der Waals surface area (Å²) in [5, 5.41) is 11.0. The highest BCUT2D eigenvalue weighted by atomic mass is 16.6. The minimum absolute atomic E-state index is 0.0121. The van der Waals surface area contributed by atoms with E-state index in [0.29, 0.717) is 0 Å². The van der Waals surface area contributed by atoms with E-state index in [1.165, 1.54) is 18.3 Å². The van der Waals surface area contributed by atoms with Crippen molar-refractivity contribution in [2.45, 2.75) is 0 Å². The number of nitro groups is 1. The maximum absolute atomic E-state index is 11.0. The molecule has 2 aromatic rings. The zero-order valence-electron chi connectivity index (χ0n) is 10.1. The van der Waals surface area contributed by atoms with Crippen molar-refractivity contribution in [3.8, 4) is 11.6 Å². The maximum atomic E-state index is 11.0. The largest absolute Gasteiger partial charge is 0.430 e. The van der Waals surface area contributed by atoms with Crippen LogP contribution in [0.2, 0.25) is 0 Å². The van der Waals surface area contributed by atoms with E-state index in [1.54, 1.807) is 12.1 Å². The number of pyridine rings is 1. The second-order valence-corrected chi connectivity index (χ2v) is 3.80. The van der Waals surface area contributed by atoms with Crippen molar-refractivity contribution < 1.29 is 14.5 Å². The molecule has 20 heavy (non-hydrogen) atoms. The van der Waals surface area contributed by atoms with Gasteiger partial charge < -0.3 is 16.2 Å². The molecule has 0 saturated carbocycles. The van der Waals surface area contributed by atoms with Gasteiger partial charge in [-0.2, -0.15) is 0 Å². The molecule has 8 heteroatoms. The lowest BCUT2D eigenvalue weighted by Gasteiger charge is -2.07. The number of hydrogen-bond acceptors (Lipinski definition) is 6. The van der Waals surface area contributed by atoms with E-state index in [0.717, 1.165) is 6.07 Å². The van der Waals surface area contributed by atoms with E-state index in [1.807, 2.05) is 0 Å². The first-order valence-corrected chi connectivity index (χ1v) is 5.45. The van der Waals surface area contributed by atoms with E-state index < -0.39 is 16.5 Å². The first kappa shape index (κ1) is 13.3. The summed E-state index contributed by atoms with van der Waals surface area (Å²) < 4.78 is 5.31. The summed E-state index contributed by atoms with van der Waals surface area (Å²) >= 11 is 0. The zero-order chi connectivity index (χ0) is 14.7. The van der Waals surface area contributed by atoms with Gasteiger partial charge in [-0.25, -0.2) is 4.98 Å². The van der Waals surface area contributed by atoms with E-state index in [4.69, 9.17) is 16.2 Å². The van der Waals surface area contributed by atoms with Gasteiger partial charge in [0.1, 0.15) is 0 Å². The topological polar surface area (TPSA) is 134 Å². The Morgan fingerprint density at radius 1 is 1.35 bits per heavy atom. The Balaban J connectivity index is 2.44. The minimum atomic E-state index is -0.767. The number of carbonyl (C=O) groups excluding carboxylic acids is 1. The molecule has 1 aromatic carbocycles. The number of primary amides is 1. The Morgan fingerprint density at radius 2 is 2.10 bits per heavy atom. The van der Waals surface area contributed by atoms with E-state index in [-0.39, 0.29) is 22.9 Å². The van der Waals surface area contributed by atoms with E-state index in [9.17, 15) is 14.9 Å². The molecule has 0 unspecified atom stereocenters. The standard InChI is InChI=1S/C12H10N4O4/c13-8-2-1-5-15-12(8)20-10-4-3-7(11(14)17)6-9(10)16(18)19/h1-6H,13H2,(H2,14,17). The monoisotopic (exact) mass is 274 g/mol. The lowest BCUT2D eigenvalue weighted by atomic mass is 10.2. The molecule has 8 nitrogen and oxygen atoms in total. The Morgan fingerprint density at radius 3 is 2.70 bits per heavy atom. The molecule has 1 aromatic heterocycles. The molecule has 0 aliphatic heterocycles. The third kappa shape index (κ3) is 2.64. The second kappa shape index (κ2) is 5.22. The van der Waals surface area contributed by atoms with Gasteiger partial charge in [0.2, 0.25) is 17.5 Å². The highest BCUT2D eigenvalue weighted by Gasteiger charge is 2.19. The minimum Gasteiger partial charge on any atom is -0.430 e. The summed E-state index contributed by atoms with van der Waals surface area (Å²) in [6.45, 7) is 0. The normalized spacial score (nSPS) is 10.0. The average molecular weight is 274 g/mol. The van der Waals surface area contributed by atoms with Crippen LogP contribution in [-0.4, -0.2) is 15.8 Å². The Kier molecular flexibility index (Phi) is 3.47. The number of nitrogens with zero attached hydrogens (tertiary/aromatic N) is 2. The van der Waals surface area contributed by atoms with Crippen LogP contribution in [-0.2, 0) is 0 Å². The van der Waals surface area contributed by atoms with Crippen LogP contribution >= 0.6 is 0 Å². The molecule has 0 spiro atoms. The smallest absolute Gasteiger partial charge is 0.312 e. The molecule has 1 amide bonds. The molecule has 102 valence electrons. The van der Waals surface area contributed by atoms with Crippen LogP contribution in [0.3, 0.4) is 0 Å². The molecule has 0 fully saturated rings. The number of benzene rings is 1. The summed E-state index contributed by atoms with van der Waals surface area (Å²) in [6.07, 6.45) is 1.44. The fourth-order valence-corrected chi connectivity index (χ4v) is 1.49. The van der Waals surface area contributed by atoms with Crippen LogP contribution in [0.1, 0.15) is 10.4 Å². The number of amides is 1. The van der Waals surface area contributed by atoms with Crippen molar-refractivity contribution >= 4 is 17.3 Å². The number of nitrogen functional groups attached to an aromatic ring is 1. The number of rotatable bonds is 4. The first-order chi connectivity index (χ1) is 9.49. The molecule has 0 bridgehead atoms. The average Bonchev–Trinajstić information content (AvgIpc) is 2.41. The summed E-state index contributed by atoms with van der Waals surface area (Å²) in [6, 6.07) is 6.78. The van der Waals surface area contributed by atoms with Gasteiger partial charge in [-0.3, -0.25) is 14.9 Å². The maximum Gasteiger partial charge on any atom is 0.312 e. The van der Waals surface area contributed by atoms with Crippen molar-refractivity contribution in [3.63, 3.8) is 0 Å². The summed E-state index contributed by atoms with van der Waals surface area (Å²) in [7, 11) is 0. The van der Waals surface area contributed by atoms with Crippen molar-refractivity contribution in [2.75, 3.05) is 5.73 Å². The number of nitrogens with two attached hydrogens (primary N) is 2. The van der Waals surface area contributed by atoms with E-state index in [2.05, 4.69) is 4.98 Å². The van der Waals surface area contributed by atoms with Gasteiger partial charge in [-0.15, -0.1) is 0 Å². The van der Waals surface area contributed by atoms with Crippen LogP contribution in [0.4, 0.5) is 11.4 Å². The number of nitro benzene ring substituents is 1. The second-order valence-electron chi connectivity index (χ2n) is 3.80. The molecular formula is C12H10N4O4. The molecular weight excluding hydrogens is 264 g/mol. The summed E-state index contributed by atoms with van der Waals surface area (Å²) in [4.78, 5) is 25.2. The lowest BCUT2D eigenvalue weighted by Crippen LogP contribution is -2.11. The fourth-order valence-electron chi connectivity index (χ4n) is 1.49. The molecule has 0 aliphatic carbocycles. The molecule has 1 heterocycles. The van der Waals surface area contributed by atoms with Crippen molar-refractivity contribution in [3.05, 3.63) is 52.2 Å². The SMILES string of the molecule is NC(=O)c1ccc(Oc2ncccc2N)c([N+](=O)[O-])c1. The van der Waals surface area contributed by atoms with Gasteiger partial charge in [0.05, 0.1) is 10.6 Å². The highest BCUT2D eigenvalue weighted by Crippen LogP contribution is 2.33. The van der Waals surface area contributed by atoms with E-state index >= 15 is 0 Å². The van der Waals surface area contributed by atoms with Crippen LogP contribution < -0.4 is 16.2 Å². The fraction of sp³-hybridized carbons (Fsp3) is 0. The number of carbonyl (C=O) groups is 1. The number of hydrogen-bond donors (Lipinski definition) is 2. The molecule has 0 saturated heterocycles. The quantitative estimate of drug-likeness (QED) is 0.640. The molecule has 0 radical (unpaired) electrons. The molecule has 4 N–H and O–H groups in total. The number of ether oxygens (including phenoxy) is 1. The van der Waals surface area contributed by atoms with Gasteiger partial charge >= 0.3 is 5.69 Å². The van der Waals surface area contributed by atoms with Crippen LogP contribution in [0.15, 0.2) is 36.5 Å². The predicted octanol–water partition coefficient (Wildman–Crippen LogP) is 1.46. The van der Waals surface area contributed by atoms with Crippen molar-refractivity contribution in [1.82, 2.24) is 4.98 Å². The Hall–Kier alpha value is -3.16. The van der Waals surface area contributed by atoms with Gasteiger partial charge in [0, 0.05) is 17.8 Å². The van der Waals surface area contributed by atoms with Gasteiger partial charge in [-0.05, 0) is 24.3 Å². The highest BCUT2D eigenvalue weighted by molar-refractivity contribution is 5.93. The molecule has 0 atom stereocenters. The number of aromatic nitrogens is 1. The van der Waals surface area contributed by atoms with Crippen LogP contribution in [0.5, 0.6) is 11.6 Å². The van der Waals surface area contributed by atoms with Gasteiger partial charge in [-0.1, -0.05) is 0 Å². The van der Waals surface area contributed by atoms with Crippen LogP contribution in [0.25, 0.3) is 0 Å². The third-order valence-electron chi connectivity index (χ3n) is 2.45. The van der Waals surface area contributed by atoms with Gasteiger partial charge in [0.25, 0.3) is 0 Å². The van der Waals surface area contributed by atoms with Gasteiger partial charge in [0.15, 0.2) is 0 Å². The first-order valence-electron chi connectivity index (χ1n) is 5.45. The number of anilines is 1. The summed E-state index contributed by atoms with van der Waals surface area (Å²) in [5.74, 6) is -0.801. The Bertz CT molecular complexity index is 687. The third-order valence-corrected chi connectivity index (χ3v) is 2.45. The van der Waals surface area contributed by atoms with Crippen molar-refractivity contribution in [2.24, 2.45) is 5.73 Å². The lowest BCUT2D eigenvalue weighted by molar-refractivity contribution is -0.385. The molecule has 0 aliphatic rings. The zero-order valence-corrected chi connectivity index (χ0v) is 10.1. The molecule has 2 rings (SSSR count). The van der Waals surface area contributed by atoms with Crippen molar-refractivity contribution in [1.29, 1.82) is 0 Å².